The van der Waals surface area contributed by atoms with Crippen LogP contribution in [0.1, 0.15) is 34.1 Å². The van der Waals surface area contributed by atoms with Crippen LogP contribution in [0.5, 0.6) is 0 Å². The van der Waals surface area contributed by atoms with Gasteiger partial charge in [-0.15, -0.1) is 0 Å². The third-order valence-corrected chi connectivity index (χ3v) is 5.10. The Kier molecular flexibility index (Phi) is 3.95. The number of pyridine rings is 1. The number of nitrogens with zero attached hydrogens (tertiary/aromatic N) is 2. The Bertz CT molecular complexity index is 517. The molecular formula is C16H25BN2O3. The molecule has 120 valence electrons. The number of aromatic nitrogens is 1. The fraction of sp³-hybridized carbons (Fsp3) is 0.688. The predicted octanol–water partition coefficient (Wildman–Crippen LogP) is 1.61. The summed E-state index contributed by atoms with van der Waals surface area (Å²) in [5.41, 5.74) is 0.318. The largest absolute Gasteiger partial charge is 0.496 e. The Morgan fingerprint density at radius 3 is 2.41 bits per heavy atom. The number of rotatable bonds is 3. The summed E-state index contributed by atoms with van der Waals surface area (Å²) in [5.74, 6) is 0.986. The molecule has 1 atom stereocenters. The van der Waals surface area contributed by atoms with Gasteiger partial charge in [-0.05, 0) is 40.2 Å². The minimum absolute atomic E-state index is 0.310. The van der Waals surface area contributed by atoms with Crippen molar-refractivity contribution in [2.75, 3.05) is 25.1 Å². The molecule has 1 aromatic rings. The van der Waals surface area contributed by atoms with Crippen LogP contribution in [0.3, 0.4) is 0 Å². The highest BCUT2D eigenvalue weighted by Crippen LogP contribution is 2.36. The predicted molar refractivity (Wildman–Crippen MR) is 87.6 cm³/mol. The standard InChI is InChI=1S/C16H25BN2O3/c1-15(2)16(3,4)22-17(21-15)12-6-7-14(18-10-12)19-9-8-13(11-19)20-5/h6-7,10,13H,8-9,11H2,1-5H3/t13-/m1/s1. The van der Waals surface area contributed by atoms with Gasteiger partial charge in [0.05, 0.1) is 17.3 Å². The van der Waals surface area contributed by atoms with Crippen molar-refractivity contribution in [3.63, 3.8) is 0 Å². The van der Waals surface area contributed by atoms with Crippen LogP contribution in [0.4, 0.5) is 5.82 Å². The van der Waals surface area contributed by atoms with Crippen molar-refractivity contribution in [1.82, 2.24) is 4.98 Å². The lowest BCUT2D eigenvalue weighted by molar-refractivity contribution is 0.00578. The second kappa shape index (κ2) is 5.51. The van der Waals surface area contributed by atoms with Gasteiger partial charge in [0.25, 0.3) is 0 Å². The maximum Gasteiger partial charge on any atom is 0.496 e. The van der Waals surface area contributed by atoms with Gasteiger partial charge in [0.2, 0.25) is 0 Å². The van der Waals surface area contributed by atoms with Gasteiger partial charge in [-0.3, -0.25) is 0 Å². The lowest BCUT2D eigenvalue weighted by Crippen LogP contribution is -2.41. The van der Waals surface area contributed by atoms with E-state index in [4.69, 9.17) is 14.0 Å². The average molecular weight is 304 g/mol. The highest BCUT2D eigenvalue weighted by molar-refractivity contribution is 6.62. The number of ether oxygens (including phenoxy) is 1. The molecule has 6 heteroatoms. The van der Waals surface area contributed by atoms with Gasteiger partial charge in [-0.2, -0.15) is 0 Å². The highest BCUT2D eigenvalue weighted by atomic mass is 16.7. The van der Waals surface area contributed by atoms with Gasteiger partial charge < -0.3 is 18.9 Å². The molecule has 2 fully saturated rings. The first-order valence-corrected chi connectivity index (χ1v) is 7.92. The van der Waals surface area contributed by atoms with Crippen molar-refractivity contribution in [2.45, 2.75) is 51.4 Å². The SMILES string of the molecule is CO[C@@H]1CCN(c2ccc(B3OC(C)(C)C(C)(C)O3)cn2)C1. The van der Waals surface area contributed by atoms with E-state index in [1.165, 1.54) is 0 Å². The van der Waals surface area contributed by atoms with Crippen LogP contribution in [0, 0.1) is 0 Å². The van der Waals surface area contributed by atoms with Crippen LogP contribution in [0.2, 0.25) is 0 Å². The molecule has 0 unspecified atom stereocenters. The summed E-state index contributed by atoms with van der Waals surface area (Å²) in [4.78, 5) is 6.83. The highest BCUT2D eigenvalue weighted by Gasteiger charge is 2.51. The summed E-state index contributed by atoms with van der Waals surface area (Å²) < 4.78 is 17.5. The smallest absolute Gasteiger partial charge is 0.399 e. The average Bonchev–Trinajstić information content (AvgIpc) is 3.02. The van der Waals surface area contributed by atoms with Crippen LogP contribution >= 0.6 is 0 Å². The third-order valence-electron chi connectivity index (χ3n) is 5.10. The zero-order valence-electron chi connectivity index (χ0n) is 14.1. The fourth-order valence-electron chi connectivity index (χ4n) is 2.83. The van der Waals surface area contributed by atoms with Crippen LogP contribution in [-0.2, 0) is 14.0 Å². The van der Waals surface area contributed by atoms with Crippen molar-refractivity contribution in [2.24, 2.45) is 0 Å². The van der Waals surface area contributed by atoms with E-state index in [1.54, 1.807) is 7.11 Å². The molecule has 1 aromatic heterocycles. The summed E-state index contributed by atoms with van der Waals surface area (Å²) in [6.07, 6.45) is 3.22. The molecule has 0 radical (unpaired) electrons. The first-order valence-electron chi connectivity index (χ1n) is 7.92. The van der Waals surface area contributed by atoms with E-state index >= 15 is 0 Å². The van der Waals surface area contributed by atoms with Crippen molar-refractivity contribution < 1.29 is 14.0 Å². The van der Waals surface area contributed by atoms with Gasteiger partial charge in [-0.1, -0.05) is 6.07 Å². The zero-order chi connectivity index (χ0) is 16.0. The number of hydrogen-bond donors (Lipinski definition) is 0. The maximum absolute atomic E-state index is 6.05. The molecule has 22 heavy (non-hydrogen) atoms. The summed E-state index contributed by atoms with van der Waals surface area (Å²) in [6.45, 7) is 10.1. The normalized spacial score (nSPS) is 26.7. The molecule has 0 saturated carbocycles. The number of anilines is 1. The summed E-state index contributed by atoms with van der Waals surface area (Å²) in [5, 5.41) is 0. The van der Waals surface area contributed by atoms with Crippen LogP contribution in [0.15, 0.2) is 18.3 Å². The molecule has 2 aliphatic rings. The van der Waals surface area contributed by atoms with Crippen LogP contribution in [0.25, 0.3) is 0 Å². The molecule has 0 bridgehead atoms. The first kappa shape index (κ1) is 15.8. The van der Waals surface area contributed by atoms with E-state index in [-0.39, 0.29) is 18.3 Å². The van der Waals surface area contributed by atoms with Gasteiger partial charge in [0.15, 0.2) is 0 Å². The second-order valence-corrected chi connectivity index (χ2v) is 7.13. The number of hydrogen-bond acceptors (Lipinski definition) is 5. The van der Waals surface area contributed by atoms with Crippen molar-refractivity contribution >= 4 is 18.4 Å². The van der Waals surface area contributed by atoms with E-state index in [2.05, 4.69) is 37.6 Å². The molecule has 3 heterocycles. The minimum Gasteiger partial charge on any atom is -0.399 e. The van der Waals surface area contributed by atoms with Crippen LogP contribution < -0.4 is 10.4 Å². The Morgan fingerprint density at radius 1 is 1.23 bits per heavy atom. The quantitative estimate of drug-likeness (QED) is 0.794. The lowest BCUT2D eigenvalue weighted by atomic mass is 9.80. The Hall–Kier alpha value is -1.11. The molecular weight excluding hydrogens is 279 g/mol. The van der Waals surface area contributed by atoms with Crippen molar-refractivity contribution in [3.8, 4) is 0 Å². The second-order valence-electron chi connectivity index (χ2n) is 7.13. The molecule has 0 aliphatic carbocycles. The minimum atomic E-state index is -0.350. The molecule has 5 nitrogen and oxygen atoms in total. The first-order chi connectivity index (χ1) is 10.3. The van der Waals surface area contributed by atoms with E-state index in [9.17, 15) is 0 Å². The fourth-order valence-corrected chi connectivity index (χ4v) is 2.83. The van der Waals surface area contributed by atoms with E-state index in [0.717, 1.165) is 30.8 Å². The summed E-state index contributed by atoms with van der Waals surface area (Å²) >= 11 is 0. The summed E-state index contributed by atoms with van der Waals surface area (Å²) in [6, 6.07) is 4.09. The zero-order valence-corrected chi connectivity index (χ0v) is 14.1. The Labute approximate surface area is 133 Å². The molecule has 0 spiro atoms. The topological polar surface area (TPSA) is 43.8 Å². The molecule has 0 N–H and O–H groups in total. The molecule has 3 rings (SSSR count). The lowest BCUT2D eigenvalue weighted by Gasteiger charge is -2.32. The Morgan fingerprint density at radius 2 is 1.91 bits per heavy atom. The monoisotopic (exact) mass is 304 g/mol. The van der Waals surface area contributed by atoms with E-state index in [0.29, 0.717) is 6.10 Å². The molecule has 2 saturated heterocycles. The molecule has 0 amide bonds. The van der Waals surface area contributed by atoms with E-state index in [1.807, 2.05) is 18.3 Å². The van der Waals surface area contributed by atoms with E-state index < -0.39 is 0 Å². The molecule has 2 aliphatic heterocycles. The van der Waals surface area contributed by atoms with Crippen molar-refractivity contribution in [1.29, 1.82) is 0 Å². The third kappa shape index (κ3) is 2.75. The van der Waals surface area contributed by atoms with Gasteiger partial charge in [0, 0.05) is 31.9 Å². The molecule has 0 aromatic carbocycles. The van der Waals surface area contributed by atoms with Gasteiger partial charge in [0.1, 0.15) is 5.82 Å². The van der Waals surface area contributed by atoms with Gasteiger partial charge in [-0.25, -0.2) is 4.98 Å². The van der Waals surface area contributed by atoms with Gasteiger partial charge >= 0.3 is 7.12 Å². The number of methoxy groups -OCH3 is 1. The van der Waals surface area contributed by atoms with Crippen LogP contribution in [-0.4, -0.2) is 49.6 Å². The Balaban J connectivity index is 1.71. The van der Waals surface area contributed by atoms with Crippen molar-refractivity contribution in [3.05, 3.63) is 18.3 Å². The summed E-state index contributed by atoms with van der Waals surface area (Å²) in [7, 11) is 1.42. The maximum atomic E-state index is 6.05.